The van der Waals surface area contributed by atoms with Gasteiger partial charge in [0.1, 0.15) is 5.69 Å². The second-order valence-corrected chi connectivity index (χ2v) is 5.41. The van der Waals surface area contributed by atoms with Crippen LogP contribution in [0.15, 0.2) is 48.9 Å². The molecule has 0 spiro atoms. The van der Waals surface area contributed by atoms with Gasteiger partial charge in [-0.15, -0.1) is 0 Å². The summed E-state index contributed by atoms with van der Waals surface area (Å²) in [6.07, 6.45) is 4.78. The van der Waals surface area contributed by atoms with E-state index in [1.54, 1.807) is 47.1 Å². The molecule has 2 amide bonds. The van der Waals surface area contributed by atoms with Crippen LogP contribution < -0.4 is 0 Å². The molecule has 1 aromatic carbocycles. The standard InChI is InChI=1S/C17H12N4O3/c22-14(13-10-19-17-18-7-3-8-20(13)17)6-9-21-15(23)11-4-1-2-5-12(11)16(21)24/h1-5,7-8,10H,6,9H2. The topological polar surface area (TPSA) is 84.6 Å². The second kappa shape index (κ2) is 5.38. The van der Waals surface area contributed by atoms with Crippen LogP contribution in [0.4, 0.5) is 0 Å². The highest BCUT2D eigenvalue weighted by atomic mass is 16.2. The number of imidazole rings is 1. The zero-order chi connectivity index (χ0) is 16.7. The molecule has 0 saturated heterocycles. The Kier molecular flexibility index (Phi) is 3.19. The highest BCUT2D eigenvalue weighted by molar-refractivity contribution is 6.21. The van der Waals surface area contributed by atoms with Crippen molar-refractivity contribution in [1.29, 1.82) is 0 Å². The lowest BCUT2D eigenvalue weighted by molar-refractivity contribution is 0.0649. The van der Waals surface area contributed by atoms with Crippen molar-refractivity contribution < 1.29 is 14.4 Å². The third kappa shape index (κ3) is 2.10. The maximum Gasteiger partial charge on any atom is 0.261 e. The maximum absolute atomic E-state index is 12.4. The Hall–Kier alpha value is -3.35. The molecule has 3 heterocycles. The summed E-state index contributed by atoms with van der Waals surface area (Å²) in [5.74, 6) is -0.486. The number of hydrogen-bond donors (Lipinski definition) is 0. The Labute approximate surface area is 136 Å². The third-order valence-electron chi connectivity index (χ3n) is 4.01. The van der Waals surface area contributed by atoms with Gasteiger partial charge in [-0.1, -0.05) is 12.1 Å². The van der Waals surface area contributed by atoms with E-state index in [2.05, 4.69) is 9.97 Å². The van der Waals surface area contributed by atoms with Crippen molar-refractivity contribution in [2.45, 2.75) is 6.42 Å². The first-order valence-corrected chi connectivity index (χ1v) is 7.43. The van der Waals surface area contributed by atoms with Crippen LogP contribution in [0.5, 0.6) is 0 Å². The molecule has 24 heavy (non-hydrogen) atoms. The molecule has 4 rings (SSSR count). The number of nitrogens with zero attached hydrogens (tertiary/aromatic N) is 4. The van der Waals surface area contributed by atoms with E-state index in [9.17, 15) is 14.4 Å². The average Bonchev–Trinajstić information content (AvgIpc) is 3.14. The fourth-order valence-electron chi connectivity index (χ4n) is 2.82. The lowest BCUT2D eigenvalue weighted by Crippen LogP contribution is -2.32. The Morgan fingerprint density at radius 1 is 1.00 bits per heavy atom. The van der Waals surface area contributed by atoms with Crippen LogP contribution >= 0.6 is 0 Å². The van der Waals surface area contributed by atoms with Crippen LogP contribution in [-0.2, 0) is 0 Å². The van der Waals surface area contributed by atoms with E-state index in [0.29, 0.717) is 22.6 Å². The monoisotopic (exact) mass is 320 g/mol. The third-order valence-corrected chi connectivity index (χ3v) is 4.01. The number of imide groups is 1. The normalized spacial score (nSPS) is 13.6. The Morgan fingerprint density at radius 2 is 1.71 bits per heavy atom. The summed E-state index contributed by atoms with van der Waals surface area (Å²) < 4.78 is 1.59. The molecule has 0 unspecified atom stereocenters. The Bertz CT molecular complexity index is 957. The number of fused-ring (bicyclic) bond motifs is 2. The molecule has 7 heteroatoms. The van der Waals surface area contributed by atoms with Gasteiger partial charge in [0.05, 0.1) is 17.3 Å². The molecule has 0 aliphatic carbocycles. The summed E-state index contributed by atoms with van der Waals surface area (Å²) in [7, 11) is 0. The van der Waals surface area contributed by atoms with Crippen LogP contribution in [-0.4, -0.2) is 43.4 Å². The van der Waals surface area contributed by atoms with E-state index in [0.717, 1.165) is 4.90 Å². The van der Waals surface area contributed by atoms with Gasteiger partial charge in [0.15, 0.2) is 5.78 Å². The van der Waals surface area contributed by atoms with Crippen LogP contribution in [0.2, 0.25) is 0 Å². The van der Waals surface area contributed by atoms with E-state index in [-0.39, 0.29) is 30.6 Å². The van der Waals surface area contributed by atoms with Crippen molar-refractivity contribution in [3.8, 4) is 0 Å². The first-order chi connectivity index (χ1) is 11.7. The van der Waals surface area contributed by atoms with Crippen LogP contribution in [0.1, 0.15) is 37.6 Å². The molecule has 0 fully saturated rings. The molecule has 0 radical (unpaired) electrons. The maximum atomic E-state index is 12.4. The SMILES string of the molecule is O=C(CCN1C(=O)c2ccccc2C1=O)c1cnc2ncccn12. The zero-order valence-corrected chi connectivity index (χ0v) is 12.5. The largest absolute Gasteiger partial charge is 0.292 e. The molecule has 0 atom stereocenters. The van der Waals surface area contributed by atoms with Crippen molar-refractivity contribution in [1.82, 2.24) is 19.3 Å². The molecule has 0 bridgehead atoms. The number of rotatable bonds is 4. The number of benzene rings is 1. The highest BCUT2D eigenvalue weighted by Gasteiger charge is 2.35. The number of ketones is 1. The second-order valence-electron chi connectivity index (χ2n) is 5.41. The van der Waals surface area contributed by atoms with Crippen molar-refractivity contribution in [2.24, 2.45) is 0 Å². The first-order valence-electron chi connectivity index (χ1n) is 7.43. The van der Waals surface area contributed by atoms with E-state index in [1.165, 1.54) is 6.20 Å². The zero-order valence-electron chi connectivity index (χ0n) is 12.5. The predicted molar refractivity (Wildman–Crippen MR) is 83.7 cm³/mol. The molecule has 118 valence electrons. The number of amides is 2. The summed E-state index contributed by atoms with van der Waals surface area (Å²) >= 11 is 0. The van der Waals surface area contributed by atoms with Crippen LogP contribution in [0, 0.1) is 0 Å². The summed E-state index contributed by atoms with van der Waals surface area (Å²) in [4.78, 5) is 46.2. The van der Waals surface area contributed by atoms with Gasteiger partial charge in [0.2, 0.25) is 5.78 Å². The molecular weight excluding hydrogens is 308 g/mol. The number of hydrogen-bond acceptors (Lipinski definition) is 5. The summed E-state index contributed by atoms with van der Waals surface area (Å²) in [5, 5.41) is 0. The predicted octanol–water partition coefficient (Wildman–Crippen LogP) is 1.60. The average molecular weight is 320 g/mol. The smallest absolute Gasteiger partial charge is 0.261 e. The van der Waals surface area contributed by atoms with Crippen LogP contribution in [0.25, 0.3) is 5.78 Å². The fourth-order valence-corrected chi connectivity index (χ4v) is 2.82. The molecule has 0 N–H and O–H groups in total. The van der Waals surface area contributed by atoms with Crippen molar-refractivity contribution >= 4 is 23.4 Å². The van der Waals surface area contributed by atoms with Gasteiger partial charge >= 0.3 is 0 Å². The van der Waals surface area contributed by atoms with Gasteiger partial charge in [-0.25, -0.2) is 9.97 Å². The number of carbonyl (C=O) groups excluding carboxylic acids is 3. The van der Waals surface area contributed by atoms with Gasteiger partial charge in [-0.3, -0.25) is 23.7 Å². The fraction of sp³-hybridized carbons (Fsp3) is 0.118. The van der Waals surface area contributed by atoms with E-state index in [1.807, 2.05) is 0 Å². The van der Waals surface area contributed by atoms with Gasteiger partial charge in [0.25, 0.3) is 11.8 Å². The lowest BCUT2D eigenvalue weighted by atomic mass is 10.1. The quantitative estimate of drug-likeness (QED) is 0.538. The van der Waals surface area contributed by atoms with Crippen molar-refractivity contribution in [3.05, 3.63) is 65.7 Å². The number of carbonyl (C=O) groups is 3. The molecule has 0 saturated carbocycles. The molecule has 3 aromatic rings. The first kappa shape index (κ1) is 14.3. The van der Waals surface area contributed by atoms with Crippen molar-refractivity contribution in [3.63, 3.8) is 0 Å². The van der Waals surface area contributed by atoms with E-state index >= 15 is 0 Å². The van der Waals surface area contributed by atoms with Gasteiger partial charge in [-0.2, -0.15) is 0 Å². The minimum Gasteiger partial charge on any atom is -0.292 e. The summed E-state index contributed by atoms with van der Waals surface area (Å²) in [5.41, 5.74) is 1.15. The van der Waals surface area contributed by atoms with Gasteiger partial charge in [-0.05, 0) is 18.2 Å². The summed E-state index contributed by atoms with van der Waals surface area (Å²) in [6.45, 7) is 0.0404. The molecule has 1 aliphatic rings. The minimum atomic E-state index is -0.358. The van der Waals surface area contributed by atoms with Crippen LogP contribution in [0.3, 0.4) is 0 Å². The molecule has 2 aromatic heterocycles. The van der Waals surface area contributed by atoms with Gasteiger partial charge in [0, 0.05) is 25.4 Å². The van der Waals surface area contributed by atoms with Gasteiger partial charge < -0.3 is 0 Å². The number of Topliss-reactive ketones (excluding diaryl/α,β-unsaturated/α-hetero) is 1. The minimum absolute atomic E-state index is 0.0359. The van der Waals surface area contributed by atoms with Crippen molar-refractivity contribution in [2.75, 3.05) is 6.54 Å². The molecular formula is C17H12N4O3. The number of aromatic nitrogens is 3. The molecule has 7 nitrogen and oxygen atoms in total. The lowest BCUT2D eigenvalue weighted by Gasteiger charge is -2.12. The van der Waals surface area contributed by atoms with E-state index in [4.69, 9.17) is 0 Å². The Balaban J connectivity index is 1.53. The molecule has 1 aliphatic heterocycles. The highest BCUT2D eigenvalue weighted by Crippen LogP contribution is 2.22. The summed E-state index contributed by atoms with van der Waals surface area (Å²) in [6, 6.07) is 8.37. The Morgan fingerprint density at radius 3 is 2.42 bits per heavy atom. The van der Waals surface area contributed by atoms with E-state index < -0.39 is 0 Å².